The summed E-state index contributed by atoms with van der Waals surface area (Å²) in [5, 5.41) is 0. The Bertz CT molecular complexity index is 288. The molecule has 68 valence electrons. The third-order valence-electron chi connectivity index (χ3n) is 3.81. The maximum atomic E-state index is 2.31. The Morgan fingerprint density at radius 1 is 1.00 bits per heavy atom. The van der Waals surface area contributed by atoms with E-state index < -0.39 is 0 Å². The Balaban J connectivity index is 1.85. The lowest BCUT2D eigenvalue weighted by molar-refractivity contribution is 0.420. The van der Waals surface area contributed by atoms with Crippen LogP contribution in [0.2, 0.25) is 0 Å². The van der Waals surface area contributed by atoms with Crippen molar-refractivity contribution in [3.63, 3.8) is 0 Å². The number of hydrogen-bond acceptors (Lipinski definition) is 0. The van der Waals surface area contributed by atoms with Crippen molar-refractivity contribution < 1.29 is 0 Å². The molecule has 1 aromatic carbocycles. The summed E-state index contributed by atoms with van der Waals surface area (Å²) in [6.45, 7) is 0. The Hall–Kier alpha value is -0.780. The van der Waals surface area contributed by atoms with Crippen LogP contribution in [0.15, 0.2) is 30.3 Å². The van der Waals surface area contributed by atoms with Crippen LogP contribution < -0.4 is 0 Å². The van der Waals surface area contributed by atoms with Crippen molar-refractivity contribution in [2.75, 3.05) is 0 Å². The van der Waals surface area contributed by atoms with E-state index in [-0.39, 0.29) is 0 Å². The molecule has 3 rings (SSSR count). The minimum Gasteiger partial charge on any atom is -0.0622 e. The van der Waals surface area contributed by atoms with Crippen molar-refractivity contribution in [2.24, 2.45) is 11.8 Å². The number of benzene rings is 1. The van der Waals surface area contributed by atoms with E-state index in [1.165, 1.54) is 25.7 Å². The van der Waals surface area contributed by atoms with Crippen LogP contribution >= 0.6 is 0 Å². The normalized spacial score (nSPS) is 36.8. The zero-order chi connectivity index (χ0) is 8.67. The van der Waals surface area contributed by atoms with Gasteiger partial charge in [0.2, 0.25) is 0 Å². The summed E-state index contributed by atoms with van der Waals surface area (Å²) >= 11 is 0. The van der Waals surface area contributed by atoms with Gasteiger partial charge in [0.15, 0.2) is 0 Å². The molecule has 0 aromatic heterocycles. The number of fused-ring (bicyclic) bond motifs is 1. The predicted octanol–water partition coefficient (Wildman–Crippen LogP) is 3.59. The molecular formula is C13H16. The van der Waals surface area contributed by atoms with Crippen molar-refractivity contribution in [2.45, 2.75) is 31.6 Å². The van der Waals surface area contributed by atoms with Gasteiger partial charge in [0, 0.05) is 0 Å². The van der Waals surface area contributed by atoms with Crippen LogP contribution in [0.5, 0.6) is 0 Å². The highest BCUT2D eigenvalue weighted by Crippen LogP contribution is 2.56. The quantitative estimate of drug-likeness (QED) is 0.607. The molecular weight excluding hydrogens is 156 g/mol. The molecule has 2 aliphatic rings. The first-order chi connectivity index (χ1) is 6.45. The van der Waals surface area contributed by atoms with Gasteiger partial charge in [0.1, 0.15) is 0 Å². The molecule has 2 fully saturated rings. The van der Waals surface area contributed by atoms with Gasteiger partial charge in [0.05, 0.1) is 0 Å². The molecule has 13 heavy (non-hydrogen) atoms. The SMILES string of the molecule is c1ccc([C@@H]2CCC[C@H]3C[C@H]32)cc1. The zero-order valence-corrected chi connectivity index (χ0v) is 7.95. The fourth-order valence-electron chi connectivity index (χ4n) is 3.02. The average Bonchev–Trinajstić information content (AvgIpc) is 2.97. The van der Waals surface area contributed by atoms with Gasteiger partial charge in [-0.1, -0.05) is 43.2 Å². The van der Waals surface area contributed by atoms with Crippen molar-refractivity contribution in [1.29, 1.82) is 0 Å². The maximum absolute atomic E-state index is 2.31. The van der Waals surface area contributed by atoms with E-state index in [1.54, 1.807) is 5.56 Å². The van der Waals surface area contributed by atoms with Gasteiger partial charge in [-0.25, -0.2) is 0 Å². The lowest BCUT2D eigenvalue weighted by Crippen LogP contribution is -2.07. The molecule has 0 nitrogen and oxygen atoms in total. The molecule has 2 saturated carbocycles. The third-order valence-corrected chi connectivity index (χ3v) is 3.81. The second kappa shape index (κ2) is 2.87. The molecule has 0 saturated heterocycles. The minimum absolute atomic E-state index is 0.903. The van der Waals surface area contributed by atoms with Crippen LogP contribution in [0.25, 0.3) is 0 Å². The maximum Gasteiger partial charge on any atom is -0.0131 e. The first-order valence-corrected chi connectivity index (χ1v) is 5.50. The zero-order valence-electron chi connectivity index (χ0n) is 7.95. The summed E-state index contributed by atoms with van der Waals surface area (Å²) in [6.07, 6.45) is 5.92. The van der Waals surface area contributed by atoms with E-state index in [9.17, 15) is 0 Å². The van der Waals surface area contributed by atoms with Crippen molar-refractivity contribution in [3.8, 4) is 0 Å². The highest BCUT2D eigenvalue weighted by molar-refractivity contribution is 5.23. The summed E-state index contributed by atoms with van der Waals surface area (Å²) in [5.41, 5.74) is 1.59. The Morgan fingerprint density at radius 2 is 1.85 bits per heavy atom. The van der Waals surface area contributed by atoms with Crippen molar-refractivity contribution in [3.05, 3.63) is 35.9 Å². The van der Waals surface area contributed by atoms with Crippen LogP contribution in [-0.4, -0.2) is 0 Å². The summed E-state index contributed by atoms with van der Waals surface area (Å²) in [7, 11) is 0. The largest absolute Gasteiger partial charge is 0.0622 e. The Kier molecular flexibility index (Phi) is 1.68. The van der Waals surface area contributed by atoms with Crippen molar-refractivity contribution in [1.82, 2.24) is 0 Å². The molecule has 0 unspecified atom stereocenters. The lowest BCUT2D eigenvalue weighted by Gasteiger charge is -2.21. The third kappa shape index (κ3) is 1.29. The molecule has 1 aromatic rings. The smallest absolute Gasteiger partial charge is 0.0131 e. The summed E-state index contributed by atoms with van der Waals surface area (Å²) in [6, 6.07) is 11.1. The molecule has 0 amide bonds. The predicted molar refractivity (Wildman–Crippen MR) is 54.6 cm³/mol. The Labute approximate surface area is 80.0 Å². The van der Waals surface area contributed by atoms with Crippen LogP contribution in [0.1, 0.15) is 37.2 Å². The topological polar surface area (TPSA) is 0 Å². The summed E-state index contributed by atoms with van der Waals surface area (Å²) < 4.78 is 0. The number of rotatable bonds is 1. The van der Waals surface area contributed by atoms with E-state index in [2.05, 4.69) is 30.3 Å². The highest BCUT2D eigenvalue weighted by atomic mass is 14.5. The molecule has 0 aliphatic heterocycles. The van der Waals surface area contributed by atoms with E-state index in [0.717, 1.165) is 17.8 Å². The molecule has 0 radical (unpaired) electrons. The summed E-state index contributed by atoms with van der Waals surface area (Å²) in [5.74, 6) is 3.05. The number of hydrogen-bond donors (Lipinski definition) is 0. The van der Waals surface area contributed by atoms with Gasteiger partial charge in [-0.05, 0) is 36.2 Å². The Morgan fingerprint density at radius 3 is 2.69 bits per heavy atom. The standard InChI is InChI=1S/C13H16/c1-2-5-10(6-3-1)12-8-4-7-11-9-13(11)12/h1-3,5-6,11-13H,4,7-9H2/t11-,12-,13+/m0/s1. The van der Waals surface area contributed by atoms with Crippen LogP contribution in [0, 0.1) is 11.8 Å². The van der Waals surface area contributed by atoms with E-state index in [0.29, 0.717) is 0 Å². The van der Waals surface area contributed by atoms with Crippen LogP contribution in [0.4, 0.5) is 0 Å². The van der Waals surface area contributed by atoms with E-state index in [4.69, 9.17) is 0 Å². The lowest BCUT2D eigenvalue weighted by atomic mass is 9.84. The monoisotopic (exact) mass is 172 g/mol. The molecule has 0 bridgehead atoms. The van der Waals surface area contributed by atoms with Gasteiger partial charge in [-0.3, -0.25) is 0 Å². The molecule has 0 heterocycles. The first kappa shape index (κ1) is 7.61. The molecule has 0 spiro atoms. The van der Waals surface area contributed by atoms with Gasteiger partial charge in [0.25, 0.3) is 0 Å². The molecule has 0 heteroatoms. The van der Waals surface area contributed by atoms with Crippen LogP contribution in [0.3, 0.4) is 0 Å². The highest BCUT2D eigenvalue weighted by Gasteiger charge is 2.45. The second-order valence-corrected chi connectivity index (χ2v) is 4.61. The molecule has 0 N–H and O–H groups in total. The summed E-state index contributed by atoms with van der Waals surface area (Å²) in [4.78, 5) is 0. The van der Waals surface area contributed by atoms with E-state index in [1.807, 2.05) is 0 Å². The second-order valence-electron chi connectivity index (χ2n) is 4.61. The van der Waals surface area contributed by atoms with Crippen LogP contribution in [-0.2, 0) is 0 Å². The van der Waals surface area contributed by atoms with E-state index >= 15 is 0 Å². The fourth-order valence-corrected chi connectivity index (χ4v) is 3.02. The van der Waals surface area contributed by atoms with Gasteiger partial charge >= 0.3 is 0 Å². The molecule has 3 atom stereocenters. The van der Waals surface area contributed by atoms with Crippen molar-refractivity contribution >= 4 is 0 Å². The van der Waals surface area contributed by atoms with Gasteiger partial charge < -0.3 is 0 Å². The van der Waals surface area contributed by atoms with Gasteiger partial charge in [-0.2, -0.15) is 0 Å². The average molecular weight is 172 g/mol. The van der Waals surface area contributed by atoms with Gasteiger partial charge in [-0.15, -0.1) is 0 Å². The molecule has 2 aliphatic carbocycles. The minimum atomic E-state index is 0.903. The fraction of sp³-hybridized carbons (Fsp3) is 0.538. The first-order valence-electron chi connectivity index (χ1n) is 5.50.